The lowest BCUT2D eigenvalue weighted by Gasteiger charge is -2.13. The molecule has 0 fully saturated rings. The average molecular weight is 373 g/mol. The van der Waals surface area contributed by atoms with Crippen molar-refractivity contribution in [2.45, 2.75) is 26.3 Å². The standard InChI is InChI=1S/C23H23N3O2/c1-16(2)20-5-3-4-6-21(20)26-23(28)19-9-7-18(8-10-19)22(27)25-15-17-11-13-24-14-12-17/h3-14,16H,15H2,1-2H3,(H,25,27)(H,26,28). The summed E-state index contributed by atoms with van der Waals surface area (Å²) in [6, 6.07) is 18.1. The van der Waals surface area contributed by atoms with Crippen LogP contribution in [0.4, 0.5) is 5.69 Å². The van der Waals surface area contributed by atoms with Crippen LogP contribution in [0.5, 0.6) is 0 Å². The highest BCUT2D eigenvalue weighted by molar-refractivity contribution is 6.05. The fourth-order valence-corrected chi connectivity index (χ4v) is 2.87. The van der Waals surface area contributed by atoms with Gasteiger partial charge in [-0.05, 0) is 59.5 Å². The number of amides is 2. The number of para-hydroxylation sites is 1. The molecule has 5 heteroatoms. The highest BCUT2D eigenvalue weighted by Crippen LogP contribution is 2.24. The van der Waals surface area contributed by atoms with Gasteiger partial charge >= 0.3 is 0 Å². The first-order valence-corrected chi connectivity index (χ1v) is 9.22. The third-order valence-corrected chi connectivity index (χ3v) is 4.44. The van der Waals surface area contributed by atoms with Crippen LogP contribution in [-0.2, 0) is 6.54 Å². The van der Waals surface area contributed by atoms with Gasteiger partial charge in [-0.2, -0.15) is 0 Å². The smallest absolute Gasteiger partial charge is 0.255 e. The molecule has 0 radical (unpaired) electrons. The number of carbonyl (C=O) groups excluding carboxylic acids is 2. The largest absolute Gasteiger partial charge is 0.348 e. The molecule has 0 saturated carbocycles. The number of hydrogen-bond acceptors (Lipinski definition) is 3. The van der Waals surface area contributed by atoms with Crippen LogP contribution < -0.4 is 10.6 Å². The fourth-order valence-electron chi connectivity index (χ4n) is 2.87. The van der Waals surface area contributed by atoms with E-state index in [1.54, 1.807) is 36.7 Å². The highest BCUT2D eigenvalue weighted by Gasteiger charge is 2.12. The minimum Gasteiger partial charge on any atom is -0.348 e. The second kappa shape index (κ2) is 8.95. The van der Waals surface area contributed by atoms with Crippen LogP contribution in [0.15, 0.2) is 73.1 Å². The molecular weight excluding hydrogens is 350 g/mol. The molecule has 0 bridgehead atoms. The van der Waals surface area contributed by atoms with Crippen LogP contribution in [0.3, 0.4) is 0 Å². The molecule has 0 saturated heterocycles. The quantitative estimate of drug-likeness (QED) is 0.673. The molecule has 0 unspecified atom stereocenters. The van der Waals surface area contributed by atoms with Crippen molar-refractivity contribution in [3.63, 3.8) is 0 Å². The van der Waals surface area contributed by atoms with Crippen molar-refractivity contribution in [1.82, 2.24) is 10.3 Å². The van der Waals surface area contributed by atoms with Crippen molar-refractivity contribution in [3.05, 3.63) is 95.3 Å². The molecular formula is C23H23N3O2. The summed E-state index contributed by atoms with van der Waals surface area (Å²) in [5.74, 6) is -0.0752. The fraction of sp³-hybridized carbons (Fsp3) is 0.174. The van der Waals surface area contributed by atoms with E-state index in [9.17, 15) is 9.59 Å². The summed E-state index contributed by atoms with van der Waals surface area (Å²) >= 11 is 0. The van der Waals surface area contributed by atoms with Crippen molar-refractivity contribution < 1.29 is 9.59 Å². The maximum atomic E-state index is 12.6. The van der Waals surface area contributed by atoms with Crippen LogP contribution >= 0.6 is 0 Å². The minimum atomic E-state index is -0.197. The van der Waals surface area contributed by atoms with E-state index < -0.39 is 0 Å². The van der Waals surface area contributed by atoms with E-state index in [1.165, 1.54) is 0 Å². The Kier molecular flexibility index (Phi) is 6.17. The van der Waals surface area contributed by atoms with Gasteiger partial charge in [-0.25, -0.2) is 0 Å². The van der Waals surface area contributed by atoms with E-state index in [0.29, 0.717) is 23.6 Å². The van der Waals surface area contributed by atoms with Gasteiger partial charge in [-0.15, -0.1) is 0 Å². The van der Waals surface area contributed by atoms with Crippen molar-refractivity contribution in [2.24, 2.45) is 0 Å². The van der Waals surface area contributed by atoms with Crippen LogP contribution in [0, 0.1) is 0 Å². The molecule has 0 aliphatic carbocycles. The Hall–Kier alpha value is -3.47. The topological polar surface area (TPSA) is 71.1 Å². The molecule has 0 atom stereocenters. The zero-order chi connectivity index (χ0) is 19.9. The zero-order valence-electron chi connectivity index (χ0n) is 16.0. The zero-order valence-corrected chi connectivity index (χ0v) is 16.0. The Morgan fingerprint density at radius 1 is 0.857 bits per heavy atom. The molecule has 2 aromatic carbocycles. The summed E-state index contributed by atoms with van der Waals surface area (Å²) in [4.78, 5) is 28.8. The molecule has 5 nitrogen and oxygen atoms in total. The van der Waals surface area contributed by atoms with Crippen molar-refractivity contribution in [1.29, 1.82) is 0 Å². The third kappa shape index (κ3) is 4.82. The molecule has 2 N–H and O–H groups in total. The number of rotatable bonds is 6. The summed E-state index contributed by atoms with van der Waals surface area (Å²) in [6.45, 7) is 4.60. The van der Waals surface area contributed by atoms with E-state index in [-0.39, 0.29) is 11.8 Å². The van der Waals surface area contributed by atoms with Gasteiger partial charge in [0.25, 0.3) is 11.8 Å². The first kappa shape index (κ1) is 19.3. The predicted octanol–water partition coefficient (Wildman–Crippen LogP) is 4.39. The van der Waals surface area contributed by atoms with E-state index in [2.05, 4.69) is 29.5 Å². The van der Waals surface area contributed by atoms with Gasteiger partial charge < -0.3 is 10.6 Å². The molecule has 3 aromatic rings. The maximum absolute atomic E-state index is 12.6. The number of pyridine rings is 1. The molecule has 3 rings (SSSR count). The molecule has 0 aliphatic heterocycles. The SMILES string of the molecule is CC(C)c1ccccc1NC(=O)c1ccc(C(=O)NCc2ccncc2)cc1. The molecule has 1 heterocycles. The van der Waals surface area contributed by atoms with Gasteiger partial charge in [0.05, 0.1) is 0 Å². The minimum absolute atomic E-state index is 0.186. The van der Waals surface area contributed by atoms with Crippen LogP contribution in [0.2, 0.25) is 0 Å². The second-order valence-corrected chi connectivity index (χ2v) is 6.81. The number of aromatic nitrogens is 1. The lowest BCUT2D eigenvalue weighted by molar-refractivity contribution is 0.0949. The molecule has 1 aromatic heterocycles. The molecule has 142 valence electrons. The van der Waals surface area contributed by atoms with E-state index >= 15 is 0 Å². The van der Waals surface area contributed by atoms with Gasteiger partial charge in [0, 0.05) is 35.8 Å². The summed E-state index contributed by atoms with van der Waals surface area (Å²) in [5.41, 5.74) is 3.88. The number of nitrogens with one attached hydrogen (secondary N) is 2. The molecule has 28 heavy (non-hydrogen) atoms. The lowest BCUT2D eigenvalue weighted by Crippen LogP contribution is -2.23. The van der Waals surface area contributed by atoms with Crippen molar-refractivity contribution >= 4 is 17.5 Å². The first-order chi connectivity index (χ1) is 13.5. The monoisotopic (exact) mass is 373 g/mol. The number of nitrogens with zero attached hydrogens (tertiary/aromatic N) is 1. The lowest BCUT2D eigenvalue weighted by atomic mass is 10.0. The van der Waals surface area contributed by atoms with E-state index in [0.717, 1.165) is 16.8 Å². The van der Waals surface area contributed by atoms with Crippen LogP contribution in [0.1, 0.15) is 51.6 Å². The number of hydrogen-bond donors (Lipinski definition) is 2. The van der Waals surface area contributed by atoms with Crippen molar-refractivity contribution in [3.8, 4) is 0 Å². The normalized spacial score (nSPS) is 10.5. The highest BCUT2D eigenvalue weighted by atomic mass is 16.2. The number of carbonyl (C=O) groups is 2. The van der Waals surface area contributed by atoms with E-state index in [1.807, 2.05) is 36.4 Å². The average Bonchev–Trinajstić information content (AvgIpc) is 2.73. The molecule has 0 spiro atoms. The van der Waals surface area contributed by atoms with Crippen LogP contribution in [0.25, 0.3) is 0 Å². The van der Waals surface area contributed by atoms with Gasteiger partial charge in [0.1, 0.15) is 0 Å². The summed E-state index contributed by atoms with van der Waals surface area (Å²) in [7, 11) is 0. The summed E-state index contributed by atoms with van der Waals surface area (Å²) in [5, 5.41) is 5.81. The Balaban J connectivity index is 1.63. The molecule has 2 amide bonds. The Morgan fingerprint density at radius 2 is 1.46 bits per heavy atom. The van der Waals surface area contributed by atoms with Crippen LogP contribution in [-0.4, -0.2) is 16.8 Å². The first-order valence-electron chi connectivity index (χ1n) is 9.22. The Labute approximate surface area is 164 Å². The second-order valence-electron chi connectivity index (χ2n) is 6.81. The Morgan fingerprint density at radius 3 is 2.11 bits per heavy atom. The summed E-state index contributed by atoms with van der Waals surface area (Å²) in [6.07, 6.45) is 3.37. The summed E-state index contributed by atoms with van der Waals surface area (Å²) < 4.78 is 0. The Bertz CT molecular complexity index is 951. The van der Waals surface area contributed by atoms with Gasteiger partial charge in [-0.1, -0.05) is 32.0 Å². The third-order valence-electron chi connectivity index (χ3n) is 4.44. The molecule has 0 aliphatic rings. The maximum Gasteiger partial charge on any atom is 0.255 e. The number of benzene rings is 2. The number of anilines is 1. The van der Waals surface area contributed by atoms with Crippen molar-refractivity contribution in [2.75, 3.05) is 5.32 Å². The van der Waals surface area contributed by atoms with E-state index in [4.69, 9.17) is 0 Å². The van der Waals surface area contributed by atoms with Gasteiger partial charge in [-0.3, -0.25) is 14.6 Å². The van der Waals surface area contributed by atoms with Gasteiger partial charge in [0.2, 0.25) is 0 Å². The van der Waals surface area contributed by atoms with Gasteiger partial charge in [0.15, 0.2) is 0 Å². The predicted molar refractivity (Wildman–Crippen MR) is 110 cm³/mol.